The Morgan fingerprint density at radius 3 is 2.44 bits per heavy atom. The molecule has 2 aromatic heterocycles. The van der Waals surface area contributed by atoms with Gasteiger partial charge in [0.1, 0.15) is 17.1 Å². The summed E-state index contributed by atoms with van der Waals surface area (Å²) in [5.41, 5.74) is 9.89. The molecule has 36 heavy (non-hydrogen) atoms. The summed E-state index contributed by atoms with van der Waals surface area (Å²) in [4.78, 5) is 16.7. The van der Waals surface area contributed by atoms with Crippen molar-refractivity contribution in [2.45, 2.75) is 71.1 Å². The first-order chi connectivity index (χ1) is 17.0. The van der Waals surface area contributed by atoms with E-state index in [1.54, 1.807) is 24.4 Å². The van der Waals surface area contributed by atoms with Gasteiger partial charge in [-0.05, 0) is 77.1 Å². The normalized spacial score (nSPS) is 18.8. The Balaban J connectivity index is 1.55. The van der Waals surface area contributed by atoms with E-state index < -0.39 is 5.60 Å². The third kappa shape index (κ3) is 6.23. The van der Waals surface area contributed by atoms with Crippen molar-refractivity contribution < 1.29 is 9.53 Å². The second kappa shape index (κ2) is 10.6. The lowest BCUT2D eigenvalue weighted by molar-refractivity contribution is 0.0492. The van der Waals surface area contributed by atoms with E-state index in [0.717, 1.165) is 42.5 Å². The molecule has 0 bridgehead atoms. The highest BCUT2D eigenvalue weighted by Gasteiger charge is 2.26. The largest absolute Gasteiger partial charge is 0.444 e. The van der Waals surface area contributed by atoms with E-state index in [2.05, 4.69) is 26.8 Å². The van der Waals surface area contributed by atoms with Gasteiger partial charge in [-0.3, -0.25) is 0 Å². The number of ether oxygens (including phenoxy) is 1. The molecule has 2 heterocycles. The molecule has 0 aliphatic heterocycles. The van der Waals surface area contributed by atoms with Gasteiger partial charge in [0.2, 0.25) is 0 Å². The van der Waals surface area contributed by atoms with E-state index in [1.165, 1.54) is 0 Å². The summed E-state index contributed by atoms with van der Waals surface area (Å²) < 4.78 is 7.23. The summed E-state index contributed by atoms with van der Waals surface area (Å²) in [6.07, 6.45) is 6.73. The molecule has 0 atom stereocenters. The Bertz CT molecular complexity index is 1270. The lowest BCUT2D eigenvalue weighted by Crippen LogP contribution is -2.42. The van der Waals surface area contributed by atoms with Gasteiger partial charge in [0.05, 0.1) is 33.0 Å². The van der Waals surface area contributed by atoms with Crippen LogP contribution >= 0.6 is 23.2 Å². The quantitative estimate of drug-likeness (QED) is 0.267. The smallest absolute Gasteiger partial charge is 0.407 e. The van der Waals surface area contributed by atoms with Crippen molar-refractivity contribution in [3.63, 3.8) is 0 Å². The van der Waals surface area contributed by atoms with Crippen molar-refractivity contribution in [2.75, 3.05) is 5.32 Å². The number of aromatic nitrogens is 2. The number of amides is 1. The number of rotatable bonds is 5. The first-order valence-electron chi connectivity index (χ1n) is 12.0. The van der Waals surface area contributed by atoms with Crippen molar-refractivity contribution in [1.82, 2.24) is 14.9 Å². The molecule has 1 aliphatic carbocycles. The van der Waals surface area contributed by atoms with Crippen LogP contribution in [0.5, 0.6) is 0 Å². The van der Waals surface area contributed by atoms with Crippen molar-refractivity contribution in [2.24, 2.45) is 10.7 Å². The zero-order chi connectivity index (χ0) is 26.0. The summed E-state index contributed by atoms with van der Waals surface area (Å²) in [5, 5.41) is 12.0. The van der Waals surface area contributed by atoms with Gasteiger partial charge in [-0.1, -0.05) is 29.3 Å². The van der Waals surface area contributed by atoms with Crippen LogP contribution in [0.4, 0.5) is 16.2 Å². The lowest BCUT2D eigenvalue weighted by Gasteiger charge is -2.31. The Hall–Kier alpha value is -2.97. The second-order valence-corrected chi connectivity index (χ2v) is 11.0. The molecular formula is C26H32Cl2N6O2. The number of nitrogens with two attached hydrogens (primary N) is 1. The highest BCUT2D eigenvalue weighted by Crippen LogP contribution is 2.34. The molecule has 1 amide bonds. The van der Waals surface area contributed by atoms with E-state index in [9.17, 15) is 4.79 Å². The number of fused-ring (bicyclic) bond motifs is 1. The standard InChI is InChI=1S/C26H32Cl2N6O2/c1-15-12-21-22(31-16-8-10-17(11-9-16)32-25(35)36-26(2,3)4)18(13-30-34(21)14-15)24(29)33-23-19(27)6-5-7-20(23)28/h5-7,12-14,16-17,31H,8-11H2,1-4H3,(H2,29,33)(H,32,35). The van der Waals surface area contributed by atoms with Gasteiger partial charge >= 0.3 is 6.09 Å². The monoisotopic (exact) mass is 530 g/mol. The fourth-order valence-corrected chi connectivity index (χ4v) is 4.85. The van der Waals surface area contributed by atoms with Crippen LogP contribution in [0.3, 0.4) is 0 Å². The summed E-state index contributed by atoms with van der Waals surface area (Å²) in [6.45, 7) is 7.60. The number of nitrogens with zero attached hydrogens (tertiary/aromatic N) is 3. The molecular weight excluding hydrogens is 499 g/mol. The number of carbonyl (C=O) groups is 1. The first kappa shape index (κ1) is 26.1. The van der Waals surface area contributed by atoms with Crippen LogP contribution < -0.4 is 16.4 Å². The second-order valence-electron chi connectivity index (χ2n) is 10.2. The molecule has 0 unspecified atom stereocenters. The van der Waals surface area contributed by atoms with Crippen LogP contribution in [0, 0.1) is 6.92 Å². The predicted molar refractivity (Wildman–Crippen MR) is 146 cm³/mol. The Morgan fingerprint density at radius 2 is 1.81 bits per heavy atom. The topological polar surface area (TPSA) is 106 Å². The Kier molecular flexibility index (Phi) is 7.66. The SMILES string of the molecule is Cc1cc2c(NC3CCC(NC(=O)OC(C)(C)C)CC3)c(C(N)=Nc3c(Cl)cccc3Cl)cnn2c1. The van der Waals surface area contributed by atoms with Crippen LogP contribution in [0.2, 0.25) is 10.0 Å². The van der Waals surface area contributed by atoms with Gasteiger partial charge in [0.25, 0.3) is 0 Å². The van der Waals surface area contributed by atoms with Gasteiger partial charge in [-0.25, -0.2) is 14.3 Å². The highest BCUT2D eigenvalue weighted by molar-refractivity contribution is 6.39. The molecule has 1 saturated carbocycles. The number of hydrogen-bond acceptors (Lipinski definition) is 5. The number of alkyl carbamates (subject to hydrolysis) is 1. The molecule has 3 aromatic rings. The molecule has 0 spiro atoms. The predicted octanol–water partition coefficient (Wildman–Crippen LogP) is 6.23. The van der Waals surface area contributed by atoms with Gasteiger partial charge in [-0.15, -0.1) is 0 Å². The zero-order valence-electron chi connectivity index (χ0n) is 20.9. The van der Waals surface area contributed by atoms with Crippen LogP contribution in [0.15, 0.2) is 41.7 Å². The van der Waals surface area contributed by atoms with Crippen molar-refractivity contribution >= 4 is 52.0 Å². The van der Waals surface area contributed by atoms with Crippen LogP contribution in [0.1, 0.15) is 57.6 Å². The molecule has 4 rings (SSSR count). The minimum atomic E-state index is -0.517. The lowest BCUT2D eigenvalue weighted by atomic mass is 9.91. The third-order valence-electron chi connectivity index (χ3n) is 6.02. The third-order valence-corrected chi connectivity index (χ3v) is 6.63. The van der Waals surface area contributed by atoms with Gasteiger partial charge in [0, 0.05) is 18.3 Å². The number of halogens is 2. The van der Waals surface area contributed by atoms with E-state index in [0.29, 0.717) is 21.3 Å². The number of nitrogens with one attached hydrogen (secondary N) is 2. The number of anilines is 1. The van der Waals surface area contributed by atoms with Gasteiger partial charge in [0.15, 0.2) is 0 Å². The maximum absolute atomic E-state index is 12.2. The maximum atomic E-state index is 12.2. The van der Waals surface area contributed by atoms with Crippen LogP contribution in [0.25, 0.3) is 5.52 Å². The molecule has 0 radical (unpaired) electrons. The average Bonchev–Trinajstić information content (AvgIpc) is 3.17. The molecule has 1 aromatic carbocycles. The summed E-state index contributed by atoms with van der Waals surface area (Å²) in [5.74, 6) is 0.265. The fourth-order valence-electron chi connectivity index (χ4n) is 4.37. The number of amidine groups is 1. The summed E-state index contributed by atoms with van der Waals surface area (Å²) in [7, 11) is 0. The molecule has 0 saturated heterocycles. The first-order valence-corrected chi connectivity index (χ1v) is 12.8. The van der Waals surface area contributed by atoms with Gasteiger partial charge in [-0.2, -0.15) is 5.10 Å². The van der Waals surface area contributed by atoms with Crippen molar-refractivity contribution in [3.05, 3.63) is 57.8 Å². The molecule has 192 valence electrons. The number of aryl methyl sites for hydroxylation is 1. The van der Waals surface area contributed by atoms with E-state index in [1.807, 2.05) is 38.4 Å². The van der Waals surface area contributed by atoms with Crippen molar-refractivity contribution in [1.29, 1.82) is 0 Å². The molecule has 1 fully saturated rings. The van der Waals surface area contributed by atoms with Gasteiger partial charge < -0.3 is 21.1 Å². The van der Waals surface area contributed by atoms with E-state index in [-0.39, 0.29) is 24.0 Å². The number of para-hydroxylation sites is 1. The minimum Gasteiger partial charge on any atom is -0.444 e. The zero-order valence-corrected chi connectivity index (χ0v) is 22.5. The minimum absolute atomic E-state index is 0.0828. The van der Waals surface area contributed by atoms with E-state index in [4.69, 9.17) is 33.7 Å². The fraction of sp³-hybridized carbons (Fsp3) is 0.423. The molecule has 4 N–H and O–H groups in total. The Labute approximate surface area is 221 Å². The number of hydrogen-bond donors (Lipinski definition) is 3. The average molecular weight is 531 g/mol. The highest BCUT2D eigenvalue weighted by atomic mass is 35.5. The molecule has 8 nitrogen and oxygen atoms in total. The van der Waals surface area contributed by atoms with Crippen molar-refractivity contribution in [3.8, 4) is 0 Å². The van der Waals surface area contributed by atoms with E-state index >= 15 is 0 Å². The number of aliphatic imine (C=N–C) groups is 1. The molecule has 10 heteroatoms. The summed E-state index contributed by atoms with van der Waals surface area (Å²) >= 11 is 12.6. The Morgan fingerprint density at radius 1 is 1.17 bits per heavy atom. The summed E-state index contributed by atoms with van der Waals surface area (Å²) in [6, 6.07) is 7.54. The maximum Gasteiger partial charge on any atom is 0.407 e. The van der Waals surface area contributed by atoms with Crippen LogP contribution in [-0.2, 0) is 4.74 Å². The number of benzene rings is 1. The number of carbonyl (C=O) groups excluding carboxylic acids is 1. The molecule has 1 aliphatic rings. The van der Waals surface area contributed by atoms with Crippen LogP contribution in [-0.4, -0.2) is 39.2 Å².